The highest BCUT2D eigenvalue weighted by Gasteiger charge is 2.21. The van der Waals surface area contributed by atoms with Crippen LogP contribution in [0.2, 0.25) is 0 Å². The smallest absolute Gasteiger partial charge is 0.112 e. The van der Waals surface area contributed by atoms with E-state index in [0.717, 1.165) is 39.8 Å². The monoisotopic (exact) mass is 383 g/mol. The molecular formula is C14H15Br2N3. The lowest BCUT2D eigenvalue weighted by Gasteiger charge is -2.33. The molecule has 3 nitrogen and oxygen atoms in total. The summed E-state index contributed by atoms with van der Waals surface area (Å²) in [6, 6.07) is 4.11. The third-order valence-electron chi connectivity index (χ3n) is 3.60. The Kier molecular flexibility index (Phi) is 4.03. The Bertz CT molecular complexity index is 588. The number of halogens is 2. The van der Waals surface area contributed by atoms with Gasteiger partial charge in [-0.2, -0.15) is 0 Å². The molecular weight excluding hydrogens is 370 g/mol. The van der Waals surface area contributed by atoms with Gasteiger partial charge in [0.2, 0.25) is 0 Å². The van der Waals surface area contributed by atoms with Gasteiger partial charge in [0.15, 0.2) is 0 Å². The minimum absolute atomic E-state index is 0.729. The summed E-state index contributed by atoms with van der Waals surface area (Å²) in [6.45, 7) is 2.21. The second kappa shape index (κ2) is 5.75. The average Bonchev–Trinajstić information content (AvgIpc) is 2.46. The van der Waals surface area contributed by atoms with Gasteiger partial charge >= 0.3 is 0 Å². The predicted octanol–water partition coefficient (Wildman–Crippen LogP) is 4.00. The van der Waals surface area contributed by atoms with Crippen LogP contribution in [0.15, 0.2) is 29.0 Å². The topological polar surface area (TPSA) is 29.0 Å². The molecule has 1 atom stereocenters. The van der Waals surface area contributed by atoms with Gasteiger partial charge in [-0.15, -0.1) is 0 Å². The summed E-state index contributed by atoms with van der Waals surface area (Å²) in [5, 5.41) is 1.07. The normalized spacial score (nSPS) is 19.9. The first-order chi connectivity index (χ1) is 9.28. The molecule has 0 N–H and O–H groups in total. The number of nitrogens with zero attached hydrogens (tertiary/aromatic N) is 3. The van der Waals surface area contributed by atoms with Crippen molar-refractivity contribution in [2.24, 2.45) is 5.92 Å². The van der Waals surface area contributed by atoms with Crippen LogP contribution < -0.4 is 4.90 Å². The Balaban J connectivity index is 2.00. The molecule has 0 amide bonds. The fourth-order valence-electron chi connectivity index (χ4n) is 2.66. The zero-order chi connectivity index (χ0) is 13.2. The molecule has 0 aromatic carbocycles. The standard InChI is InChI=1S/C14H15Br2N3/c15-7-10-2-1-5-19(9-10)13-3-4-17-12-6-11(16)8-18-14(12)13/h3-4,6,8,10H,1-2,5,7,9H2. The number of alkyl halides is 1. The van der Waals surface area contributed by atoms with Crippen molar-refractivity contribution in [3.63, 3.8) is 0 Å². The molecule has 0 aliphatic carbocycles. The summed E-state index contributed by atoms with van der Waals surface area (Å²) in [5.74, 6) is 0.729. The number of hydrogen-bond donors (Lipinski definition) is 0. The summed E-state index contributed by atoms with van der Waals surface area (Å²) >= 11 is 7.06. The molecule has 19 heavy (non-hydrogen) atoms. The minimum Gasteiger partial charge on any atom is -0.369 e. The maximum Gasteiger partial charge on any atom is 0.112 e. The van der Waals surface area contributed by atoms with Crippen LogP contribution in [0.5, 0.6) is 0 Å². The first-order valence-electron chi connectivity index (χ1n) is 6.49. The second-order valence-electron chi connectivity index (χ2n) is 4.96. The van der Waals surface area contributed by atoms with E-state index < -0.39 is 0 Å². The molecule has 1 aliphatic rings. The molecule has 2 aromatic heterocycles. The Hall–Kier alpha value is -0.680. The maximum atomic E-state index is 4.54. The van der Waals surface area contributed by atoms with Gasteiger partial charge in [-0.3, -0.25) is 9.97 Å². The predicted molar refractivity (Wildman–Crippen MR) is 86.0 cm³/mol. The van der Waals surface area contributed by atoms with Crippen molar-refractivity contribution in [2.75, 3.05) is 23.3 Å². The zero-order valence-electron chi connectivity index (χ0n) is 10.5. The molecule has 1 saturated heterocycles. The Labute approximate surface area is 129 Å². The van der Waals surface area contributed by atoms with Crippen LogP contribution in [0, 0.1) is 5.92 Å². The molecule has 0 saturated carbocycles. The number of anilines is 1. The number of hydrogen-bond acceptors (Lipinski definition) is 3. The number of pyridine rings is 2. The van der Waals surface area contributed by atoms with Gasteiger partial charge in [0.1, 0.15) is 5.52 Å². The lowest BCUT2D eigenvalue weighted by atomic mass is 9.99. The molecule has 0 radical (unpaired) electrons. The molecule has 3 rings (SSSR count). The molecule has 0 bridgehead atoms. The third-order valence-corrected chi connectivity index (χ3v) is 4.95. The Morgan fingerprint density at radius 1 is 1.37 bits per heavy atom. The van der Waals surface area contributed by atoms with Gasteiger partial charge in [-0.1, -0.05) is 15.9 Å². The van der Waals surface area contributed by atoms with Crippen molar-refractivity contribution in [1.82, 2.24) is 9.97 Å². The largest absolute Gasteiger partial charge is 0.369 e. The fraction of sp³-hybridized carbons (Fsp3) is 0.429. The van der Waals surface area contributed by atoms with Gasteiger partial charge in [-0.25, -0.2) is 0 Å². The minimum atomic E-state index is 0.729. The average molecular weight is 385 g/mol. The van der Waals surface area contributed by atoms with E-state index >= 15 is 0 Å². The van der Waals surface area contributed by atoms with Crippen LogP contribution in [0.4, 0.5) is 5.69 Å². The zero-order valence-corrected chi connectivity index (χ0v) is 13.7. The van der Waals surface area contributed by atoms with Crippen molar-refractivity contribution < 1.29 is 0 Å². The quantitative estimate of drug-likeness (QED) is 0.732. The van der Waals surface area contributed by atoms with Crippen LogP contribution in [-0.4, -0.2) is 28.4 Å². The number of rotatable bonds is 2. The summed E-state index contributed by atoms with van der Waals surface area (Å²) in [7, 11) is 0. The molecule has 2 aromatic rings. The molecule has 3 heterocycles. The summed E-state index contributed by atoms with van der Waals surface area (Å²) in [4.78, 5) is 11.4. The third kappa shape index (κ3) is 2.77. The summed E-state index contributed by atoms with van der Waals surface area (Å²) < 4.78 is 0.974. The van der Waals surface area contributed by atoms with Crippen LogP contribution >= 0.6 is 31.9 Å². The van der Waals surface area contributed by atoms with Crippen LogP contribution in [0.3, 0.4) is 0 Å². The van der Waals surface area contributed by atoms with Crippen LogP contribution in [0.1, 0.15) is 12.8 Å². The Morgan fingerprint density at radius 3 is 3.11 bits per heavy atom. The van der Waals surface area contributed by atoms with Crippen LogP contribution in [0.25, 0.3) is 11.0 Å². The molecule has 1 aliphatic heterocycles. The first kappa shape index (κ1) is 13.3. The van der Waals surface area contributed by atoms with E-state index in [-0.39, 0.29) is 0 Å². The highest BCUT2D eigenvalue weighted by molar-refractivity contribution is 9.10. The van der Waals surface area contributed by atoms with Gasteiger partial charge in [0.25, 0.3) is 0 Å². The molecule has 1 unspecified atom stereocenters. The van der Waals surface area contributed by atoms with Gasteiger partial charge in [-0.05, 0) is 46.8 Å². The second-order valence-corrected chi connectivity index (χ2v) is 6.52. The highest BCUT2D eigenvalue weighted by Crippen LogP contribution is 2.29. The van der Waals surface area contributed by atoms with Crippen molar-refractivity contribution in [1.29, 1.82) is 0 Å². The molecule has 1 fully saturated rings. The number of fused-ring (bicyclic) bond motifs is 1. The SMILES string of the molecule is BrCC1CCCN(c2ccnc3cc(Br)cnc23)C1. The van der Waals surface area contributed by atoms with Crippen molar-refractivity contribution in [3.05, 3.63) is 29.0 Å². The van der Waals surface area contributed by atoms with E-state index in [2.05, 4.69) is 52.8 Å². The lowest BCUT2D eigenvalue weighted by Crippen LogP contribution is -2.36. The van der Waals surface area contributed by atoms with E-state index in [1.54, 1.807) is 0 Å². The van der Waals surface area contributed by atoms with E-state index in [0.29, 0.717) is 0 Å². The van der Waals surface area contributed by atoms with Crippen molar-refractivity contribution >= 4 is 48.6 Å². The first-order valence-corrected chi connectivity index (χ1v) is 8.40. The highest BCUT2D eigenvalue weighted by atomic mass is 79.9. The van der Waals surface area contributed by atoms with Gasteiger partial charge in [0.05, 0.1) is 11.2 Å². The van der Waals surface area contributed by atoms with Gasteiger partial charge < -0.3 is 4.90 Å². The van der Waals surface area contributed by atoms with E-state index in [1.165, 1.54) is 18.5 Å². The van der Waals surface area contributed by atoms with Crippen molar-refractivity contribution in [2.45, 2.75) is 12.8 Å². The van der Waals surface area contributed by atoms with Crippen LogP contribution in [-0.2, 0) is 0 Å². The van der Waals surface area contributed by atoms with Crippen molar-refractivity contribution in [3.8, 4) is 0 Å². The summed E-state index contributed by atoms with van der Waals surface area (Å²) in [6.07, 6.45) is 6.28. The van der Waals surface area contributed by atoms with E-state index in [9.17, 15) is 0 Å². The van der Waals surface area contributed by atoms with Gasteiger partial charge in [0, 0.05) is 35.3 Å². The van der Waals surface area contributed by atoms with E-state index in [1.807, 2.05) is 18.5 Å². The number of piperidine rings is 1. The fourth-order valence-corrected chi connectivity index (χ4v) is 3.50. The lowest BCUT2D eigenvalue weighted by molar-refractivity contribution is 0.455. The molecule has 100 valence electrons. The van der Waals surface area contributed by atoms with E-state index in [4.69, 9.17) is 0 Å². The Morgan fingerprint density at radius 2 is 2.26 bits per heavy atom. The maximum absolute atomic E-state index is 4.54. The molecule has 5 heteroatoms. The molecule has 0 spiro atoms. The summed E-state index contributed by atoms with van der Waals surface area (Å²) in [5.41, 5.74) is 3.16. The number of aromatic nitrogens is 2.